The van der Waals surface area contributed by atoms with Gasteiger partial charge in [-0.1, -0.05) is 48.5 Å². The fraction of sp³-hybridized carbons (Fsp3) is 0.378. The van der Waals surface area contributed by atoms with E-state index >= 15 is 0 Å². The number of imidazole rings is 2. The summed E-state index contributed by atoms with van der Waals surface area (Å²) in [7, 11) is 0. The van der Waals surface area contributed by atoms with Crippen LogP contribution in [-0.4, -0.2) is 48.6 Å². The molecule has 9 rings (SSSR count). The monoisotopic (exact) mass is 598 g/mol. The molecule has 4 fully saturated rings. The van der Waals surface area contributed by atoms with Gasteiger partial charge in [0.25, 0.3) is 0 Å². The molecule has 3 aromatic carbocycles. The van der Waals surface area contributed by atoms with Gasteiger partial charge in [-0.05, 0) is 92.3 Å². The van der Waals surface area contributed by atoms with E-state index in [9.17, 15) is 4.79 Å². The first-order chi connectivity index (χ1) is 21.8. The number of likely N-dealkylation sites (tertiary alicyclic amines) is 1. The molecule has 4 aliphatic rings. The standard InChI is InChI=1S/C37H38N6O2/c1-37(2,3)45-36(44)43-32-16-27(32)17-33(43)35-39-19-31(42-35)25-11-10-23-12-22(8-9-24(23)13-25)20-4-6-21(7-5-20)30-18-38-34(41-30)29-15-26-14-28(26)40-29/h4-13,18-19,26-29,32-33,40H,14-17H2,1-3H3,(H,38,41)(H,39,42)/t26-,27-,28-,29?,32-,33+/m1/s1. The zero-order valence-electron chi connectivity index (χ0n) is 25.9. The fourth-order valence-corrected chi connectivity index (χ4v) is 7.55. The van der Waals surface area contributed by atoms with E-state index in [4.69, 9.17) is 14.7 Å². The SMILES string of the molecule is CC(C)(C)OC(=O)N1[C@@H]2C[C@@H]2C[C@H]1c1ncc(-c2ccc3cc(-c4ccc(-c5c[nH]c(C6C[C@H]7C[C@H]7N6)n5)cc4)ccc3c2)[nH]1. The summed E-state index contributed by atoms with van der Waals surface area (Å²) in [6.07, 6.45) is 8.18. The highest BCUT2D eigenvalue weighted by atomic mass is 16.6. The molecule has 6 atom stereocenters. The molecular weight excluding hydrogens is 560 g/mol. The number of H-pyrrole nitrogens is 2. The van der Waals surface area contributed by atoms with E-state index in [2.05, 4.69) is 75.9 Å². The van der Waals surface area contributed by atoms with Gasteiger partial charge in [-0.15, -0.1) is 0 Å². The van der Waals surface area contributed by atoms with Gasteiger partial charge in [0.15, 0.2) is 0 Å². The molecule has 8 heteroatoms. The van der Waals surface area contributed by atoms with Crippen molar-refractivity contribution < 1.29 is 9.53 Å². The zero-order chi connectivity index (χ0) is 30.4. The lowest BCUT2D eigenvalue weighted by Crippen LogP contribution is -2.38. The topological polar surface area (TPSA) is 98.9 Å². The molecule has 1 unspecified atom stereocenters. The van der Waals surface area contributed by atoms with Gasteiger partial charge in [0, 0.05) is 29.4 Å². The first-order valence-corrected chi connectivity index (χ1v) is 16.3. The minimum Gasteiger partial charge on any atom is -0.444 e. The minimum atomic E-state index is -0.519. The number of carbonyl (C=O) groups excluding carboxylic acids is 1. The number of carbonyl (C=O) groups is 1. The third-order valence-electron chi connectivity index (χ3n) is 10.1. The van der Waals surface area contributed by atoms with Crippen molar-refractivity contribution in [3.63, 3.8) is 0 Å². The van der Waals surface area contributed by atoms with Crippen molar-refractivity contribution in [3.8, 4) is 33.6 Å². The minimum absolute atomic E-state index is 0.0726. The number of nitrogens with one attached hydrogen (secondary N) is 3. The number of aromatic amines is 2. The van der Waals surface area contributed by atoms with Crippen molar-refractivity contribution in [2.45, 2.75) is 76.2 Å². The molecule has 2 saturated heterocycles. The molecule has 3 N–H and O–H groups in total. The maximum absolute atomic E-state index is 13.0. The van der Waals surface area contributed by atoms with Crippen LogP contribution in [0, 0.1) is 11.8 Å². The van der Waals surface area contributed by atoms with E-state index in [1.807, 2.05) is 38.1 Å². The van der Waals surface area contributed by atoms with Gasteiger partial charge in [0.2, 0.25) is 0 Å². The maximum atomic E-state index is 13.0. The summed E-state index contributed by atoms with van der Waals surface area (Å²) in [5, 5.41) is 6.03. The van der Waals surface area contributed by atoms with E-state index in [1.165, 1.54) is 34.7 Å². The Hall–Kier alpha value is -4.43. The summed E-state index contributed by atoms with van der Waals surface area (Å²) in [6, 6.07) is 23.1. The van der Waals surface area contributed by atoms with Crippen LogP contribution >= 0.6 is 0 Å². The molecule has 2 aliphatic heterocycles. The highest BCUT2D eigenvalue weighted by Crippen LogP contribution is 2.53. The van der Waals surface area contributed by atoms with Gasteiger partial charge in [0.05, 0.1) is 29.7 Å². The second-order valence-corrected chi connectivity index (χ2v) is 14.5. The predicted molar refractivity (Wildman–Crippen MR) is 174 cm³/mol. The molecule has 2 aromatic heterocycles. The number of hydrogen-bond donors (Lipinski definition) is 3. The highest BCUT2D eigenvalue weighted by Gasteiger charge is 2.56. The van der Waals surface area contributed by atoms with E-state index < -0.39 is 5.60 Å². The summed E-state index contributed by atoms with van der Waals surface area (Å²) in [4.78, 5) is 31.5. The molecule has 8 nitrogen and oxygen atoms in total. The highest BCUT2D eigenvalue weighted by molar-refractivity contribution is 5.90. The van der Waals surface area contributed by atoms with Crippen LogP contribution in [0.3, 0.4) is 0 Å². The Bertz CT molecular complexity index is 1920. The third kappa shape index (κ3) is 4.92. The lowest BCUT2D eigenvalue weighted by molar-refractivity contribution is 0.0175. The summed E-state index contributed by atoms with van der Waals surface area (Å²) in [5.41, 5.74) is 6.00. The molecule has 2 aliphatic carbocycles. The zero-order valence-corrected chi connectivity index (χ0v) is 25.9. The third-order valence-corrected chi connectivity index (χ3v) is 10.1. The van der Waals surface area contributed by atoms with Gasteiger partial charge in [-0.2, -0.15) is 0 Å². The summed E-state index contributed by atoms with van der Waals surface area (Å²) < 4.78 is 5.74. The van der Waals surface area contributed by atoms with Crippen molar-refractivity contribution in [1.29, 1.82) is 0 Å². The number of amides is 1. The Kier molecular flexibility index (Phi) is 5.85. The second kappa shape index (κ2) is 9.78. The Balaban J connectivity index is 0.913. The number of piperidine rings is 2. The Morgan fingerprint density at radius 3 is 2.33 bits per heavy atom. The average Bonchev–Trinajstić information content (AvgIpc) is 3.60. The number of ether oxygens (including phenoxy) is 1. The number of rotatable bonds is 5. The quantitative estimate of drug-likeness (QED) is 0.192. The van der Waals surface area contributed by atoms with E-state index in [-0.39, 0.29) is 18.2 Å². The van der Waals surface area contributed by atoms with Gasteiger partial charge in [-0.25, -0.2) is 14.8 Å². The molecule has 0 radical (unpaired) electrons. The van der Waals surface area contributed by atoms with Crippen molar-refractivity contribution in [3.05, 3.63) is 84.7 Å². The van der Waals surface area contributed by atoms with Crippen LogP contribution in [0.5, 0.6) is 0 Å². The smallest absolute Gasteiger partial charge is 0.411 e. The molecule has 2 saturated carbocycles. The van der Waals surface area contributed by atoms with Gasteiger partial charge in [-0.3, -0.25) is 4.90 Å². The van der Waals surface area contributed by atoms with E-state index in [0.29, 0.717) is 18.0 Å². The van der Waals surface area contributed by atoms with Crippen LogP contribution in [0.1, 0.15) is 70.2 Å². The summed E-state index contributed by atoms with van der Waals surface area (Å²) in [5.74, 6) is 3.28. The maximum Gasteiger partial charge on any atom is 0.411 e. The Morgan fingerprint density at radius 1 is 0.844 bits per heavy atom. The van der Waals surface area contributed by atoms with Crippen LogP contribution in [0.15, 0.2) is 73.1 Å². The number of aromatic nitrogens is 4. The van der Waals surface area contributed by atoms with Gasteiger partial charge >= 0.3 is 6.09 Å². The lowest BCUT2D eigenvalue weighted by atomic mass is 9.98. The first-order valence-electron chi connectivity index (χ1n) is 16.3. The average molecular weight is 599 g/mol. The van der Waals surface area contributed by atoms with Crippen LogP contribution in [-0.2, 0) is 4.74 Å². The fourth-order valence-electron chi connectivity index (χ4n) is 7.55. The molecule has 4 heterocycles. The lowest BCUT2D eigenvalue weighted by Gasteiger charge is -2.29. The van der Waals surface area contributed by atoms with Gasteiger partial charge < -0.3 is 20.0 Å². The van der Waals surface area contributed by atoms with Gasteiger partial charge in [0.1, 0.15) is 17.2 Å². The van der Waals surface area contributed by atoms with Crippen LogP contribution in [0.4, 0.5) is 4.79 Å². The van der Waals surface area contributed by atoms with Crippen molar-refractivity contribution in [2.24, 2.45) is 11.8 Å². The normalized spacial score (nSPS) is 26.6. The first kappa shape index (κ1) is 26.9. The van der Waals surface area contributed by atoms with Crippen molar-refractivity contribution in [1.82, 2.24) is 30.2 Å². The van der Waals surface area contributed by atoms with Crippen molar-refractivity contribution >= 4 is 16.9 Å². The van der Waals surface area contributed by atoms with E-state index in [1.54, 1.807) is 0 Å². The van der Waals surface area contributed by atoms with Crippen LogP contribution in [0.25, 0.3) is 44.4 Å². The molecule has 1 amide bonds. The van der Waals surface area contributed by atoms with Crippen LogP contribution in [0.2, 0.25) is 0 Å². The molecule has 228 valence electrons. The van der Waals surface area contributed by atoms with Crippen LogP contribution < -0.4 is 5.32 Å². The van der Waals surface area contributed by atoms with Crippen molar-refractivity contribution in [2.75, 3.05) is 0 Å². The Labute approximate surface area is 262 Å². The summed E-state index contributed by atoms with van der Waals surface area (Å²) >= 11 is 0. The summed E-state index contributed by atoms with van der Waals surface area (Å²) in [6.45, 7) is 5.74. The second-order valence-electron chi connectivity index (χ2n) is 14.5. The molecule has 0 bridgehead atoms. The molecule has 5 aromatic rings. The number of nitrogens with zero attached hydrogens (tertiary/aromatic N) is 3. The number of fused-ring (bicyclic) bond motifs is 3. The largest absolute Gasteiger partial charge is 0.444 e. The Morgan fingerprint density at radius 2 is 1.58 bits per heavy atom. The molecular formula is C37H38N6O2. The van der Waals surface area contributed by atoms with E-state index in [0.717, 1.165) is 52.9 Å². The molecule has 0 spiro atoms. The molecule has 45 heavy (non-hydrogen) atoms. The number of hydrogen-bond acceptors (Lipinski definition) is 5. The number of benzene rings is 3. The predicted octanol–water partition coefficient (Wildman–Crippen LogP) is 7.78.